The molecular formula is C20H36OS. The monoisotopic (exact) mass is 324 g/mol. The average molecular weight is 325 g/mol. The Bertz CT molecular complexity index is 325. The quantitative estimate of drug-likeness (QED) is 0.368. The SMILES string of the molecule is C=C(C)C(=O)SC1(CCCCCC)CCCCCCCCC1. The number of rotatable bonds is 7. The zero-order chi connectivity index (χ0) is 16.3. The molecule has 1 nitrogen and oxygen atoms in total. The number of thioether (sulfide) groups is 1. The van der Waals surface area contributed by atoms with Crippen molar-refractivity contribution in [3.05, 3.63) is 12.2 Å². The average Bonchev–Trinajstić information content (AvgIpc) is 2.50. The standard InChI is InChI=1S/C20H36OS/c1-4-5-6-12-15-20(22-19(21)18(2)3)16-13-10-8-7-9-11-14-17-20/h2,4-17H2,1,3H3. The van der Waals surface area contributed by atoms with Crippen LogP contribution in [-0.2, 0) is 4.79 Å². The van der Waals surface area contributed by atoms with Crippen molar-refractivity contribution in [2.75, 3.05) is 0 Å². The number of carbonyl (C=O) groups excluding carboxylic acids is 1. The number of hydrogen-bond acceptors (Lipinski definition) is 2. The van der Waals surface area contributed by atoms with Crippen LogP contribution < -0.4 is 0 Å². The van der Waals surface area contributed by atoms with Gasteiger partial charge in [0.25, 0.3) is 0 Å². The summed E-state index contributed by atoms with van der Waals surface area (Å²) in [4.78, 5) is 12.3. The van der Waals surface area contributed by atoms with Crippen molar-refractivity contribution in [3.8, 4) is 0 Å². The van der Waals surface area contributed by atoms with E-state index in [1.807, 2.05) is 6.92 Å². The van der Waals surface area contributed by atoms with Crippen LogP contribution in [0.25, 0.3) is 0 Å². The Hall–Kier alpha value is -0.240. The molecule has 0 spiro atoms. The lowest BCUT2D eigenvalue weighted by atomic mass is 9.87. The highest BCUT2D eigenvalue weighted by Crippen LogP contribution is 2.42. The molecule has 1 aliphatic rings. The summed E-state index contributed by atoms with van der Waals surface area (Å²) in [5.74, 6) is 0. The highest BCUT2D eigenvalue weighted by atomic mass is 32.2. The molecule has 1 fully saturated rings. The van der Waals surface area contributed by atoms with Gasteiger partial charge in [0.05, 0.1) is 0 Å². The number of carbonyl (C=O) groups is 1. The van der Waals surface area contributed by atoms with E-state index in [9.17, 15) is 4.79 Å². The summed E-state index contributed by atoms with van der Waals surface area (Å²) in [5.41, 5.74) is 0.718. The molecule has 0 saturated heterocycles. The lowest BCUT2D eigenvalue weighted by Crippen LogP contribution is -2.27. The molecule has 0 aromatic carbocycles. The van der Waals surface area contributed by atoms with Gasteiger partial charge in [0.2, 0.25) is 5.12 Å². The first-order valence-electron chi connectivity index (χ1n) is 9.48. The van der Waals surface area contributed by atoms with Gasteiger partial charge < -0.3 is 0 Å². The third kappa shape index (κ3) is 7.85. The van der Waals surface area contributed by atoms with Crippen LogP contribution >= 0.6 is 11.8 Å². The van der Waals surface area contributed by atoms with Crippen LogP contribution in [0.3, 0.4) is 0 Å². The van der Waals surface area contributed by atoms with Gasteiger partial charge in [-0.2, -0.15) is 0 Å². The predicted molar refractivity (Wildman–Crippen MR) is 100 cm³/mol. The fraction of sp³-hybridized carbons (Fsp3) is 0.850. The van der Waals surface area contributed by atoms with Gasteiger partial charge in [0, 0.05) is 4.75 Å². The van der Waals surface area contributed by atoms with Crippen molar-refractivity contribution < 1.29 is 4.79 Å². The van der Waals surface area contributed by atoms with Gasteiger partial charge in [-0.15, -0.1) is 0 Å². The van der Waals surface area contributed by atoms with E-state index >= 15 is 0 Å². The van der Waals surface area contributed by atoms with Crippen molar-refractivity contribution in [3.63, 3.8) is 0 Å². The van der Waals surface area contributed by atoms with Crippen molar-refractivity contribution in [1.29, 1.82) is 0 Å². The van der Waals surface area contributed by atoms with E-state index in [1.54, 1.807) is 11.8 Å². The van der Waals surface area contributed by atoms with Gasteiger partial charge in [-0.3, -0.25) is 4.79 Å². The number of unbranched alkanes of at least 4 members (excludes halogenated alkanes) is 3. The van der Waals surface area contributed by atoms with E-state index in [0.29, 0.717) is 0 Å². The molecule has 0 aromatic heterocycles. The second kappa shape index (κ2) is 11.3. The molecule has 0 atom stereocenters. The molecule has 0 bridgehead atoms. The van der Waals surface area contributed by atoms with Crippen molar-refractivity contribution in [1.82, 2.24) is 0 Å². The van der Waals surface area contributed by atoms with Gasteiger partial charge in [-0.25, -0.2) is 0 Å². The van der Waals surface area contributed by atoms with Gasteiger partial charge in [-0.1, -0.05) is 95.9 Å². The van der Waals surface area contributed by atoms with E-state index < -0.39 is 0 Å². The summed E-state index contributed by atoms with van der Waals surface area (Å²) >= 11 is 1.63. The van der Waals surface area contributed by atoms with Crippen LogP contribution in [-0.4, -0.2) is 9.86 Å². The van der Waals surface area contributed by atoms with Crippen LogP contribution in [0, 0.1) is 0 Å². The Labute approximate surface area is 142 Å². The van der Waals surface area contributed by atoms with E-state index in [0.717, 1.165) is 5.57 Å². The minimum atomic E-state index is 0.196. The fourth-order valence-corrected chi connectivity index (χ4v) is 4.77. The van der Waals surface area contributed by atoms with Gasteiger partial charge in [-0.05, 0) is 31.8 Å². The minimum Gasteiger partial charge on any atom is -0.282 e. The summed E-state index contributed by atoms with van der Waals surface area (Å²) in [5, 5.41) is 0.229. The Kier molecular flexibility index (Phi) is 10.2. The van der Waals surface area contributed by atoms with Crippen LogP contribution in [0.4, 0.5) is 0 Å². The van der Waals surface area contributed by atoms with Crippen molar-refractivity contribution in [2.45, 2.75) is 108 Å². The van der Waals surface area contributed by atoms with Crippen LogP contribution in [0.15, 0.2) is 12.2 Å². The molecule has 0 radical (unpaired) electrons. The molecular weight excluding hydrogens is 288 g/mol. The summed E-state index contributed by atoms with van der Waals surface area (Å²) < 4.78 is 0.196. The van der Waals surface area contributed by atoms with Gasteiger partial charge in [0.15, 0.2) is 0 Å². The molecule has 0 amide bonds. The first-order valence-corrected chi connectivity index (χ1v) is 10.3. The maximum absolute atomic E-state index is 12.3. The molecule has 22 heavy (non-hydrogen) atoms. The van der Waals surface area contributed by atoms with E-state index in [4.69, 9.17) is 0 Å². The minimum absolute atomic E-state index is 0.196. The number of hydrogen-bond donors (Lipinski definition) is 0. The predicted octanol–water partition coefficient (Wildman–Crippen LogP) is 7.06. The summed E-state index contributed by atoms with van der Waals surface area (Å²) in [6.45, 7) is 7.99. The molecule has 0 aliphatic heterocycles. The zero-order valence-electron chi connectivity index (χ0n) is 14.9. The third-order valence-corrected chi connectivity index (χ3v) is 6.49. The Morgan fingerprint density at radius 2 is 1.50 bits per heavy atom. The van der Waals surface area contributed by atoms with Gasteiger partial charge >= 0.3 is 0 Å². The largest absolute Gasteiger partial charge is 0.282 e. The normalized spacial score (nSPS) is 19.5. The van der Waals surface area contributed by atoms with Crippen molar-refractivity contribution >= 4 is 16.9 Å². The Morgan fingerprint density at radius 3 is 2.00 bits per heavy atom. The van der Waals surface area contributed by atoms with Crippen molar-refractivity contribution in [2.24, 2.45) is 0 Å². The smallest absolute Gasteiger partial charge is 0.214 e. The van der Waals surface area contributed by atoms with Crippen LogP contribution in [0.5, 0.6) is 0 Å². The summed E-state index contributed by atoms with van der Waals surface area (Å²) in [7, 11) is 0. The Morgan fingerprint density at radius 1 is 0.955 bits per heavy atom. The molecule has 128 valence electrons. The molecule has 0 N–H and O–H groups in total. The van der Waals surface area contributed by atoms with Crippen LogP contribution in [0.1, 0.15) is 104 Å². The molecule has 0 heterocycles. The zero-order valence-corrected chi connectivity index (χ0v) is 15.7. The molecule has 1 saturated carbocycles. The second-order valence-corrected chi connectivity index (χ2v) is 8.58. The molecule has 0 unspecified atom stereocenters. The second-order valence-electron chi connectivity index (χ2n) is 7.14. The molecule has 1 aliphatic carbocycles. The topological polar surface area (TPSA) is 17.1 Å². The highest BCUT2D eigenvalue weighted by molar-refractivity contribution is 8.15. The van der Waals surface area contributed by atoms with E-state index in [1.165, 1.54) is 89.9 Å². The molecule has 1 rings (SSSR count). The maximum Gasteiger partial charge on any atom is 0.214 e. The lowest BCUT2D eigenvalue weighted by Gasteiger charge is -2.34. The third-order valence-electron chi connectivity index (χ3n) is 4.91. The molecule has 0 aromatic rings. The first-order chi connectivity index (χ1) is 10.6. The molecule has 2 heteroatoms. The lowest BCUT2D eigenvalue weighted by molar-refractivity contribution is -0.107. The van der Waals surface area contributed by atoms with Gasteiger partial charge in [0.1, 0.15) is 0 Å². The Balaban J connectivity index is 2.70. The van der Waals surface area contributed by atoms with E-state index in [-0.39, 0.29) is 9.86 Å². The highest BCUT2D eigenvalue weighted by Gasteiger charge is 2.32. The van der Waals surface area contributed by atoms with E-state index in [2.05, 4.69) is 13.5 Å². The summed E-state index contributed by atoms with van der Waals surface area (Å²) in [6, 6.07) is 0. The maximum atomic E-state index is 12.3. The fourth-order valence-electron chi connectivity index (χ4n) is 3.46. The summed E-state index contributed by atoms with van der Waals surface area (Å²) in [6.07, 6.45) is 18.3. The first kappa shape index (κ1) is 19.8. The van der Waals surface area contributed by atoms with Crippen LogP contribution in [0.2, 0.25) is 0 Å².